The Morgan fingerprint density at radius 3 is 1.95 bits per heavy atom. The molecule has 1 aromatic rings. The van der Waals surface area contributed by atoms with E-state index in [4.69, 9.17) is 10.7 Å². The van der Waals surface area contributed by atoms with Crippen molar-refractivity contribution >= 4 is 41.2 Å². The average molecular weight is 362 g/mol. The number of rotatable bonds is 4. The van der Waals surface area contributed by atoms with E-state index in [1.807, 2.05) is 0 Å². The lowest BCUT2D eigenvalue weighted by atomic mass is 10.2. The second-order valence-electron chi connectivity index (χ2n) is 4.16. The smallest absolute Gasteiger partial charge is 0.261 e. The van der Waals surface area contributed by atoms with Crippen LogP contribution < -0.4 is 5.32 Å². The second kappa shape index (κ2) is 5.85. The first-order chi connectivity index (χ1) is 9.34. The van der Waals surface area contributed by atoms with Gasteiger partial charge in [-0.05, 0) is 19.1 Å². The minimum absolute atomic E-state index is 0.409. The first-order valence-electron chi connectivity index (χ1n) is 5.27. The maximum Gasteiger partial charge on any atom is 0.261 e. The largest absolute Gasteiger partial charge is 0.320 e. The van der Waals surface area contributed by atoms with E-state index in [0.29, 0.717) is 12.1 Å². The van der Waals surface area contributed by atoms with E-state index in [1.165, 1.54) is 0 Å². The summed E-state index contributed by atoms with van der Waals surface area (Å²) in [6.45, 7) is 1.04. The van der Waals surface area contributed by atoms with Gasteiger partial charge in [-0.3, -0.25) is 4.79 Å². The van der Waals surface area contributed by atoms with Crippen LogP contribution in [0, 0.1) is 11.6 Å². The van der Waals surface area contributed by atoms with Crippen LogP contribution in [0.2, 0.25) is 0 Å². The van der Waals surface area contributed by atoms with Crippen LogP contribution in [0.25, 0.3) is 0 Å². The van der Waals surface area contributed by atoms with E-state index in [2.05, 4.69) is 0 Å². The Morgan fingerprint density at radius 2 is 1.62 bits per heavy atom. The second-order valence-corrected chi connectivity index (χ2v) is 9.09. The van der Waals surface area contributed by atoms with Crippen LogP contribution in [0.15, 0.2) is 17.0 Å². The summed E-state index contributed by atoms with van der Waals surface area (Å²) in [7, 11) is -3.16. The first-order valence-corrected chi connectivity index (χ1v) is 9.54. The lowest BCUT2D eigenvalue weighted by Gasteiger charge is -2.12. The summed E-state index contributed by atoms with van der Waals surface area (Å²) in [6, 6.07) is 0.818. The van der Waals surface area contributed by atoms with Crippen LogP contribution in [0.1, 0.15) is 6.92 Å². The van der Waals surface area contributed by atoms with Crippen molar-refractivity contribution < 1.29 is 30.4 Å². The van der Waals surface area contributed by atoms with Crippen molar-refractivity contribution in [3.05, 3.63) is 23.8 Å². The van der Waals surface area contributed by atoms with Gasteiger partial charge in [-0.25, -0.2) is 25.6 Å². The Morgan fingerprint density at radius 1 is 1.19 bits per heavy atom. The number of carbonyl (C=O) groups excluding carboxylic acids is 1. The molecule has 1 N–H and O–H groups in total. The van der Waals surface area contributed by atoms with Crippen molar-refractivity contribution in [3.63, 3.8) is 0 Å². The van der Waals surface area contributed by atoms with E-state index in [9.17, 15) is 30.4 Å². The summed E-state index contributed by atoms with van der Waals surface area (Å²) in [5.74, 6) is -3.96. The van der Waals surface area contributed by atoms with Crippen LogP contribution in [0.5, 0.6) is 0 Å². The first kappa shape index (κ1) is 17.8. The fourth-order valence-electron chi connectivity index (χ4n) is 1.23. The van der Waals surface area contributed by atoms with Crippen molar-refractivity contribution in [3.8, 4) is 0 Å². The normalized spacial score (nSPS) is 13.8. The predicted molar refractivity (Wildman–Crippen MR) is 72.3 cm³/mol. The third-order valence-electron chi connectivity index (χ3n) is 2.56. The van der Waals surface area contributed by atoms with E-state index >= 15 is 0 Å². The molecule has 0 bridgehead atoms. The lowest BCUT2D eigenvalue weighted by molar-refractivity contribution is -0.115. The third kappa shape index (κ3) is 4.35. The molecule has 1 unspecified atom stereocenters. The molecule has 0 heterocycles. The SMILES string of the molecule is CC(C(=O)Nc1c(F)cc(S(=O)(=O)Cl)cc1F)S(C)(=O)=O. The minimum atomic E-state index is -4.35. The van der Waals surface area contributed by atoms with Gasteiger partial charge in [0.1, 0.15) is 10.9 Å². The van der Waals surface area contributed by atoms with Gasteiger partial charge in [-0.1, -0.05) is 0 Å². The molecule has 1 aromatic carbocycles. The summed E-state index contributed by atoms with van der Waals surface area (Å²) >= 11 is 0. The molecule has 0 saturated carbocycles. The van der Waals surface area contributed by atoms with Gasteiger partial charge in [0.05, 0.1) is 4.90 Å². The number of hydrogen-bond acceptors (Lipinski definition) is 5. The number of halogens is 3. The Kier molecular flexibility index (Phi) is 4.96. The number of carbonyl (C=O) groups is 1. The van der Waals surface area contributed by atoms with E-state index in [-0.39, 0.29) is 0 Å². The Balaban J connectivity index is 3.20. The molecule has 0 aliphatic heterocycles. The molecule has 0 aliphatic carbocycles. The van der Waals surface area contributed by atoms with Crippen molar-refractivity contribution in [1.29, 1.82) is 0 Å². The van der Waals surface area contributed by atoms with Crippen LogP contribution in [0.3, 0.4) is 0 Å². The maximum absolute atomic E-state index is 13.6. The van der Waals surface area contributed by atoms with Gasteiger partial charge in [-0.15, -0.1) is 0 Å². The molecular formula is C10H10ClF2NO5S2. The molecule has 1 amide bonds. The molecule has 0 aliphatic rings. The molecular weight excluding hydrogens is 352 g/mol. The summed E-state index contributed by atoms with van der Waals surface area (Å²) < 4.78 is 71.6. The summed E-state index contributed by atoms with van der Waals surface area (Å²) in [6.07, 6.45) is 0.785. The molecule has 118 valence electrons. The predicted octanol–water partition coefficient (Wildman–Crippen LogP) is 1.26. The number of anilines is 1. The molecule has 1 rings (SSSR count). The minimum Gasteiger partial charge on any atom is -0.320 e. The number of benzene rings is 1. The molecule has 1 atom stereocenters. The van der Waals surface area contributed by atoms with Crippen LogP contribution in [-0.4, -0.2) is 34.2 Å². The van der Waals surface area contributed by atoms with E-state index < -0.39 is 52.3 Å². The van der Waals surface area contributed by atoms with Crippen molar-refractivity contribution in [2.75, 3.05) is 11.6 Å². The third-order valence-corrected chi connectivity index (χ3v) is 5.39. The molecule has 0 fully saturated rings. The molecule has 0 spiro atoms. The zero-order valence-corrected chi connectivity index (χ0v) is 13.1. The van der Waals surface area contributed by atoms with Gasteiger partial charge in [0.2, 0.25) is 5.91 Å². The monoisotopic (exact) mass is 361 g/mol. The van der Waals surface area contributed by atoms with Crippen LogP contribution >= 0.6 is 10.7 Å². The fraction of sp³-hybridized carbons (Fsp3) is 0.300. The highest BCUT2D eigenvalue weighted by Crippen LogP contribution is 2.25. The summed E-state index contributed by atoms with van der Waals surface area (Å²) in [5, 5.41) is 0.223. The fourth-order valence-corrected chi connectivity index (χ4v) is 2.43. The number of nitrogens with one attached hydrogen (secondary N) is 1. The Hall–Kier alpha value is -1.26. The maximum atomic E-state index is 13.6. The standard InChI is InChI=1S/C10H10ClF2NO5S2/c1-5(20(2,16)17)10(15)14-9-7(12)3-6(4-8(9)13)21(11,18)19/h3-5H,1-2H3,(H,14,15). The van der Waals surface area contributed by atoms with Gasteiger partial charge < -0.3 is 5.32 Å². The average Bonchev–Trinajstić information content (AvgIpc) is 2.29. The summed E-state index contributed by atoms with van der Waals surface area (Å²) in [5.41, 5.74) is -0.959. The quantitative estimate of drug-likeness (QED) is 0.814. The van der Waals surface area contributed by atoms with Gasteiger partial charge in [0.15, 0.2) is 21.5 Å². The van der Waals surface area contributed by atoms with Gasteiger partial charge in [-0.2, -0.15) is 0 Å². The van der Waals surface area contributed by atoms with Gasteiger partial charge in [0.25, 0.3) is 9.05 Å². The van der Waals surface area contributed by atoms with Gasteiger partial charge >= 0.3 is 0 Å². The zero-order chi connectivity index (χ0) is 16.6. The van der Waals surface area contributed by atoms with E-state index in [1.54, 1.807) is 5.32 Å². The highest BCUT2D eigenvalue weighted by Gasteiger charge is 2.26. The highest BCUT2D eigenvalue weighted by molar-refractivity contribution is 8.13. The van der Waals surface area contributed by atoms with Crippen molar-refractivity contribution in [1.82, 2.24) is 0 Å². The van der Waals surface area contributed by atoms with Crippen molar-refractivity contribution in [2.24, 2.45) is 0 Å². The number of amides is 1. The number of sulfone groups is 1. The zero-order valence-electron chi connectivity index (χ0n) is 10.7. The summed E-state index contributed by atoms with van der Waals surface area (Å²) in [4.78, 5) is 10.8. The molecule has 0 saturated heterocycles. The van der Waals surface area contributed by atoms with Crippen LogP contribution in [0.4, 0.5) is 14.5 Å². The molecule has 0 aromatic heterocycles. The molecule has 6 nitrogen and oxygen atoms in total. The van der Waals surface area contributed by atoms with Crippen LogP contribution in [-0.2, 0) is 23.7 Å². The van der Waals surface area contributed by atoms with E-state index in [0.717, 1.165) is 13.2 Å². The number of hydrogen-bond donors (Lipinski definition) is 1. The molecule has 0 radical (unpaired) electrons. The Labute approximate surface area is 124 Å². The van der Waals surface area contributed by atoms with Gasteiger partial charge in [0, 0.05) is 16.9 Å². The lowest BCUT2D eigenvalue weighted by Crippen LogP contribution is -2.32. The Bertz CT molecular complexity index is 769. The molecule has 21 heavy (non-hydrogen) atoms. The molecule has 11 heteroatoms. The van der Waals surface area contributed by atoms with Crippen molar-refractivity contribution in [2.45, 2.75) is 17.1 Å². The topological polar surface area (TPSA) is 97.4 Å². The highest BCUT2D eigenvalue weighted by atomic mass is 35.7.